The van der Waals surface area contributed by atoms with Gasteiger partial charge in [-0.2, -0.15) is 0 Å². The summed E-state index contributed by atoms with van der Waals surface area (Å²) >= 11 is 0. The van der Waals surface area contributed by atoms with Crippen LogP contribution in [0.5, 0.6) is 0 Å². The highest BCUT2D eigenvalue weighted by Crippen LogP contribution is 2.54. The van der Waals surface area contributed by atoms with E-state index in [9.17, 15) is 4.79 Å². The van der Waals surface area contributed by atoms with Gasteiger partial charge in [0.2, 0.25) is 0 Å². The zero-order valence-corrected chi connectivity index (χ0v) is 19.3. The molecular weight excluding hydrogens is 440 g/mol. The molecule has 1 aromatic heterocycles. The van der Waals surface area contributed by atoms with Crippen molar-refractivity contribution in [1.82, 2.24) is 4.57 Å². The van der Waals surface area contributed by atoms with Gasteiger partial charge in [0.1, 0.15) is 0 Å². The number of Topliss-reactive ketones (excluding diaryl/α,β-unsaturated/α-hetero) is 1. The summed E-state index contributed by atoms with van der Waals surface area (Å²) in [4.78, 5) is 19.1. The minimum atomic E-state index is -0.404. The van der Waals surface area contributed by atoms with Crippen molar-refractivity contribution in [2.45, 2.75) is 5.92 Å². The Morgan fingerprint density at radius 1 is 0.667 bits per heavy atom. The molecule has 3 nitrogen and oxygen atoms in total. The summed E-state index contributed by atoms with van der Waals surface area (Å²) < 4.78 is 2.35. The van der Waals surface area contributed by atoms with Gasteiger partial charge in [0.05, 0.1) is 28.4 Å². The molecule has 8 rings (SSSR count). The number of para-hydroxylation sites is 2. The number of fused-ring (bicyclic) bond motifs is 6. The molecular formula is C33H20N2O. The molecule has 0 amide bonds. The third kappa shape index (κ3) is 2.47. The summed E-state index contributed by atoms with van der Waals surface area (Å²) in [6, 6.07) is 39.4. The maximum Gasteiger partial charge on any atom is 0.177 e. The van der Waals surface area contributed by atoms with E-state index in [-0.39, 0.29) is 5.78 Å². The van der Waals surface area contributed by atoms with E-state index in [0.29, 0.717) is 0 Å². The molecule has 0 spiro atoms. The monoisotopic (exact) mass is 460 g/mol. The maximum atomic E-state index is 14.0. The van der Waals surface area contributed by atoms with Crippen molar-refractivity contribution < 1.29 is 4.79 Å². The van der Waals surface area contributed by atoms with Crippen LogP contribution in [-0.2, 0) is 0 Å². The standard InChI is InChI=1S/C33H20N2O/c36-33-24-17-8-7-16-23(24)28-29-26(34-31(30(29)33)20-11-3-1-4-12-20)19-25-22-15-9-10-18-27(22)35(32(25)28)21-13-5-2-6-14-21/h1-19,30H. The van der Waals surface area contributed by atoms with Crippen LogP contribution < -0.4 is 0 Å². The summed E-state index contributed by atoms with van der Waals surface area (Å²) in [5.74, 6) is -0.278. The van der Waals surface area contributed by atoms with E-state index < -0.39 is 5.92 Å². The van der Waals surface area contributed by atoms with Gasteiger partial charge in [0.25, 0.3) is 0 Å². The molecule has 168 valence electrons. The van der Waals surface area contributed by atoms with E-state index in [1.165, 1.54) is 5.39 Å². The zero-order chi connectivity index (χ0) is 23.8. The summed E-state index contributed by atoms with van der Waals surface area (Å²) in [6.45, 7) is 0. The minimum absolute atomic E-state index is 0.126. The number of nitrogens with zero attached hydrogens (tertiary/aromatic N) is 2. The highest BCUT2D eigenvalue weighted by Gasteiger charge is 2.43. The second kappa shape index (κ2) is 7.12. The molecule has 3 heteroatoms. The topological polar surface area (TPSA) is 34.4 Å². The third-order valence-corrected chi connectivity index (χ3v) is 7.59. The van der Waals surface area contributed by atoms with E-state index in [2.05, 4.69) is 77.4 Å². The third-order valence-electron chi connectivity index (χ3n) is 7.59. The van der Waals surface area contributed by atoms with Crippen LogP contribution in [-0.4, -0.2) is 16.1 Å². The fraction of sp³-hybridized carbons (Fsp3) is 0.0303. The highest BCUT2D eigenvalue weighted by atomic mass is 16.1. The van der Waals surface area contributed by atoms with Gasteiger partial charge in [-0.3, -0.25) is 9.79 Å². The fourth-order valence-corrected chi connectivity index (χ4v) is 6.13. The number of benzene rings is 5. The molecule has 0 saturated heterocycles. The summed E-state index contributed by atoms with van der Waals surface area (Å²) in [6.07, 6.45) is 0. The summed E-state index contributed by atoms with van der Waals surface area (Å²) in [5.41, 5.74) is 10.0. The van der Waals surface area contributed by atoms with Gasteiger partial charge in [-0.05, 0) is 35.4 Å². The molecule has 2 aliphatic rings. The molecule has 6 aromatic rings. The van der Waals surface area contributed by atoms with E-state index in [1.54, 1.807) is 0 Å². The van der Waals surface area contributed by atoms with Crippen molar-refractivity contribution in [3.05, 3.63) is 132 Å². The van der Waals surface area contributed by atoms with Gasteiger partial charge in [-0.15, -0.1) is 0 Å². The molecule has 0 fully saturated rings. The molecule has 1 atom stereocenters. The minimum Gasteiger partial charge on any atom is -0.309 e. The van der Waals surface area contributed by atoms with Crippen LogP contribution in [0.4, 0.5) is 5.69 Å². The van der Waals surface area contributed by atoms with Gasteiger partial charge < -0.3 is 4.57 Å². The first-order valence-corrected chi connectivity index (χ1v) is 12.2. The van der Waals surface area contributed by atoms with Crippen LogP contribution in [0.3, 0.4) is 0 Å². The Morgan fingerprint density at radius 3 is 2.14 bits per heavy atom. The Kier molecular flexibility index (Phi) is 3.87. The molecule has 5 aromatic carbocycles. The largest absolute Gasteiger partial charge is 0.309 e. The second-order valence-corrected chi connectivity index (χ2v) is 9.47. The van der Waals surface area contributed by atoms with Crippen LogP contribution in [0.1, 0.15) is 27.4 Å². The van der Waals surface area contributed by atoms with Gasteiger partial charge in [0.15, 0.2) is 5.78 Å². The fourth-order valence-electron chi connectivity index (χ4n) is 6.13. The smallest absolute Gasteiger partial charge is 0.177 e. The molecule has 1 unspecified atom stereocenters. The average molecular weight is 461 g/mol. The van der Waals surface area contributed by atoms with Crippen LogP contribution in [0.15, 0.2) is 120 Å². The Labute approximate surface area is 208 Å². The number of rotatable bonds is 2. The molecule has 0 bridgehead atoms. The second-order valence-electron chi connectivity index (χ2n) is 9.47. The predicted molar refractivity (Wildman–Crippen MR) is 146 cm³/mol. The van der Waals surface area contributed by atoms with E-state index >= 15 is 0 Å². The van der Waals surface area contributed by atoms with E-state index in [4.69, 9.17) is 4.99 Å². The lowest BCUT2D eigenvalue weighted by atomic mass is 9.74. The van der Waals surface area contributed by atoms with Crippen LogP contribution in [0, 0.1) is 0 Å². The molecule has 1 aliphatic heterocycles. The first-order chi connectivity index (χ1) is 17.8. The Balaban J connectivity index is 1.58. The van der Waals surface area contributed by atoms with Crippen LogP contribution in [0.25, 0.3) is 38.6 Å². The molecule has 2 heterocycles. The zero-order valence-electron chi connectivity index (χ0n) is 19.3. The molecule has 0 N–H and O–H groups in total. The van der Waals surface area contributed by atoms with Crippen molar-refractivity contribution in [3.63, 3.8) is 0 Å². The molecule has 0 saturated carbocycles. The first kappa shape index (κ1) is 19.5. The number of carbonyl (C=O) groups excluding carboxylic acids is 1. The Bertz CT molecular complexity index is 1900. The number of aliphatic imine (C=N–C) groups is 1. The lowest BCUT2D eigenvalue weighted by Gasteiger charge is -2.26. The molecule has 0 radical (unpaired) electrons. The van der Waals surface area contributed by atoms with Crippen molar-refractivity contribution in [2.24, 2.45) is 4.99 Å². The summed E-state index contributed by atoms with van der Waals surface area (Å²) in [7, 11) is 0. The van der Waals surface area contributed by atoms with Gasteiger partial charge in [0, 0.05) is 33.2 Å². The highest BCUT2D eigenvalue weighted by molar-refractivity contribution is 6.32. The van der Waals surface area contributed by atoms with Gasteiger partial charge in [-0.1, -0.05) is 91.0 Å². The Morgan fingerprint density at radius 2 is 1.33 bits per heavy atom. The Hall–Kier alpha value is -4.76. The van der Waals surface area contributed by atoms with Crippen molar-refractivity contribution in [2.75, 3.05) is 0 Å². The lowest BCUT2D eigenvalue weighted by Crippen LogP contribution is -2.25. The number of carbonyl (C=O) groups is 1. The lowest BCUT2D eigenvalue weighted by molar-refractivity contribution is 0.0983. The number of hydrogen-bond donors (Lipinski definition) is 0. The normalized spacial score (nSPS) is 15.7. The molecule has 1 aliphatic carbocycles. The van der Waals surface area contributed by atoms with Crippen molar-refractivity contribution >= 4 is 39.0 Å². The quantitative estimate of drug-likeness (QED) is 0.259. The van der Waals surface area contributed by atoms with Crippen LogP contribution in [0.2, 0.25) is 0 Å². The van der Waals surface area contributed by atoms with E-state index in [1.807, 2.05) is 42.5 Å². The van der Waals surface area contributed by atoms with Crippen molar-refractivity contribution in [3.8, 4) is 16.8 Å². The maximum absolute atomic E-state index is 14.0. The van der Waals surface area contributed by atoms with Gasteiger partial charge in [-0.25, -0.2) is 0 Å². The average Bonchev–Trinajstić information content (AvgIpc) is 3.49. The SMILES string of the molecule is O=C1c2ccccc2-c2c3c(cc4c5ccccc5n(-c5ccccc5)c24)N=C(c2ccccc2)C13. The van der Waals surface area contributed by atoms with Gasteiger partial charge >= 0.3 is 0 Å². The predicted octanol–water partition coefficient (Wildman–Crippen LogP) is 7.87. The van der Waals surface area contributed by atoms with E-state index in [0.717, 1.165) is 61.3 Å². The van der Waals surface area contributed by atoms with Crippen molar-refractivity contribution in [1.29, 1.82) is 0 Å². The number of aromatic nitrogens is 1. The molecule has 36 heavy (non-hydrogen) atoms. The van der Waals surface area contributed by atoms with Crippen LogP contribution >= 0.6 is 0 Å². The first-order valence-electron chi connectivity index (χ1n) is 12.2. The number of ketones is 1. The number of hydrogen-bond acceptors (Lipinski definition) is 2. The summed E-state index contributed by atoms with van der Waals surface area (Å²) in [5, 5.41) is 2.34.